The molecule has 1 fully saturated rings. The first kappa shape index (κ1) is 12.7. The number of aromatic hydroxyl groups is 2. The fraction of sp³-hybridized carbons (Fsp3) is 0.462. The second-order valence-corrected chi connectivity index (χ2v) is 4.80. The molecule has 1 amide bonds. The van der Waals surface area contributed by atoms with Gasteiger partial charge >= 0.3 is 0 Å². The lowest BCUT2D eigenvalue weighted by Crippen LogP contribution is -2.49. The van der Waals surface area contributed by atoms with Crippen molar-refractivity contribution in [1.82, 2.24) is 5.32 Å². The molecule has 1 saturated heterocycles. The van der Waals surface area contributed by atoms with Gasteiger partial charge in [0, 0.05) is 18.8 Å². The third-order valence-electron chi connectivity index (χ3n) is 3.27. The van der Waals surface area contributed by atoms with Crippen molar-refractivity contribution in [2.75, 3.05) is 13.2 Å². The van der Waals surface area contributed by atoms with E-state index in [0.29, 0.717) is 13.2 Å². The Balaban J connectivity index is 2.14. The van der Waals surface area contributed by atoms with Gasteiger partial charge in [-0.05, 0) is 31.9 Å². The molecule has 5 nitrogen and oxygen atoms in total. The minimum Gasteiger partial charge on any atom is -0.504 e. The van der Waals surface area contributed by atoms with Crippen LogP contribution in [0.2, 0.25) is 0 Å². The van der Waals surface area contributed by atoms with Gasteiger partial charge in [0.25, 0.3) is 5.91 Å². The van der Waals surface area contributed by atoms with E-state index >= 15 is 0 Å². The van der Waals surface area contributed by atoms with Crippen molar-refractivity contribution in [3.63, 3.8) is 0 Å². The average molecular weight is 251 g/mol. The molecular formula is C13H17NO4. The average Bonchev–Trinajstić information content (AvgIpc) is 2.33. The third-order valence-corrected chi connectivity index (χ3v) is 3.27. The Bertz CT molecular complexity index is 452. The molecule has 0 aromatic heterocycles. The zero-order chi connectivity index (χ0) is 13.2. The summed E-state index contributed by atoms with van der Waals surface area (Å²) in [6, 6.07) is 4.34. The van der Waals surface area contributed by atoms with Crippen molar-refractivity contribution in [2.45, 2.75) is 25.3 Å². The van der Waals surface area contributed by atoms with Crippen LogP contribution >= 0.6 is 0 Å². The number of nitrogens with one attached hydrogen (secondary N) is 1. The Morgan fingerprint density at radius 2 is 2.00 bits per heavy atom. The van der Waals surface area contributed by atoms with Crippen molar-refractivity contribution in [3.8, 4) is 11.5 Å². The van der Waals surface area contributed by atoms with Crippen molar-refractivity contribution in [2.24, 2.45) is 0 Å². The molecule has 0 spiro atoms. The zero-order valence-corrected chi connectivity index (χ0v) is 10.3. The minimum absolute atomic E-state index is 0.0858. The fourth-order valence-electron chi connectivity index (χ4n) is 2.00. The van der Waals surface area contributed by atoms with E-state index in [-0.39, 0.29) is 28.5 Å². The molecule has 5 heteroatoms. The molecule has 0 bridgehead atoms. The van der Waals surface area contributed by atoms with Crippen LogP contribution in [0, 0.1) is 0 Å². The largest absolute Gasteiger partial charge is 0.504 e. The lowest BCUT2D eigenvalue weighted by Gasteiger charge is -2.34. The quantitative estimate of drug-likeness (QED) is 0.694. The van der Waals surface area contributed by atoms with Crippen LogP contribution in [0.5, 0.6) is 11.5 Å². The van der Waals surface area contributed by atoms with E-state index in [4.69, 9.17) is 4.74 Å². The number of para-hydroxylation sites is 1. The van der Waals surface area contributed by atoms with E-state index in [2.05, 4.69) is 5.32 Å². The molecule has 2 rings (SSSR count). The number of phenolic OH excluding ortho intramolecular Hbond substituents is 2. The molecular weight excluding hydrogens is 234 g/mol. The van der Waals surface area contributed by atoms with Crippen LogP contribution < -0.4 is 5.32 Å². The first-order chi connectivity index (χ1) is 8.52. The number of ether oxygens (including phenoxy) is 1. The molecule has 1 aromatic rings. The number of benzene rings is 1. The number of carbonyl (C=O) groups excluding carboxylic acids is 1. The molecule has 0 unspecified atom stereocenters. The molecule has 1 aliphatic heterocycles. The van der Waals surface area contributed by atoms with Gasteiger partial charge in [-0.15, -0.1) is 0 Å². The molecule has 1 aromatic carbocycles. The standard InChI is InChI=1S/C13H17NO4/c1-13(5-7-18-8-6-13)14-12(17)9-3-2-4-10(15)11(9)16/h2-4,15-16H,5-8H2,1H3,(H,14,17). The minimum atomic E-state index is -0.384. The van der Waals surface area contributed by atoms with Crippen LogP contribution in [-0.2, 0) is 4.74 Å². The highest BCUT2D eigenvalue weighted by Gasteiger charge is 2.30. The predicted octanol–water partition coefficient (Wildman–Crippen LogP) is 1.40. The van der Waals surface area contributed by atoms with E-state index in [1.807, 2.05) is 6.92 Å². The van der Waals surface area contributed by atoms with Crippen molar-refractivity contribution >= 4 is 5.91 Å². The highest BCUT2D eigenvalue weighted by Crippen LogP contribution is 2.29. The fourth-order valence-corrected chi connectivity index (χ4v) is 2.00. The van der Waals surface area contributed by atoms with Crippen LogP contribution in [0.25, 0.3) is 0 Å². The number of carbonyl (C=O) groups is 1. The maximum Gasteiger partial charge on any atom is 0.255 e. The van der Waals surface area contributed by atoms with Crippen LogP contribution in [-0.4, -0.2) is 34.9 Å². The van der Waals surface area contributed by atoms with E-state index in [9.17, 15) is 15.0 Å². The number of amides is 1. The van der Waals surface area contributed by atoms with Crippen LogP contribution in [0.4, 0.5) is 0 Å². The second-order valence-electron chi connectivity index (χ2n) is 4.80. The van der Waals surface area contributed by atoms with Gasteiger partial charge in [0.2, 0.25) is 0 Å². The molecule has 0 aliphatic carbocycles. The number of hydrogen-bond acceptors (Lipinski definition) is 4. The third kappa shape index (κ3) is 2.56. The van der Waals surface area contributed by atoms with Gasteiger partial charge in [-0.3, -0.25) is 4.79 Å². The predicted molar refractivity (Wildman–Crippen MR) is 65.7 cm³/mol. The summed E-state index contributed by atoms with van der Waals surface area (Å²) < 4.78 is 5.25. The lowest BCUT2D eigenvalue weighted by atomic mass is 9.92. The van der Waals surface area contributed by atoms with E-state index in [0.717, 1.165) is 12.8 Å². The van der Waals surface area contributed by atoms with Gasteiger partial charge in [-0.25, -0.2) is 0 Å². The highest BCUT2D eigenvalue weighted by atomic mass is 16.5. The lowest BCUT2D eigenvalue weighted by molar-refractivity contribution is 0.0422. The van der Waals surface area contributed by atoms with E-state index in [1.165, 1.54) is 18.2 Å². The SMILES string of the molecule is CC1(NC(=O)c2cccc(O)c2O)CCOCC1. The first-order valence-electron chi connectivity index (χ1n) is 5.93. The van der Waals surface area contributed by atoms with Crippen LogP contribution in [0.15, 0.2) is 18.2 Å². The van der Waals surface area contributed by atoms with Gasteiger partial charge in [0.15, 0.2) is 11.5 Å². The monoisotopic (exact) mass is 251 g/mol. The molecule has 0 radical (unpaired) electrons. The Hall–Kier alpha value is -1.75. The topological polar surface area (TPSA) is 78.8 Å². The Labute approximate surface area is 105 Å². The van der Waals surface area contributed by atoms with Gasteiger partial charge in [-0.1, -0.05) is 6.07 Å². The first-order valence-corrected chi connectivity index (χ1v) is 5.93. The number of rotatable bonds is 2. The van der Waals surface area contributed by atoms with Gasteiger partial charge in [-0.2, -0.15) is 0 Å². The van der Waals surface area contributed by atoms with E-state index in [1.54, 1.807) is 0 Å². The summed E-state index contributed by atoms with van der Waals surface area (Å²) >= 11 is 0. The molecule has 1 heterocycles. The number of phenols is 2. The number of hydrogen-bond donors (Lipinski definition) is 3. The van der Waals surface area contributed by atoms with Gasteiger partial charge < -0.3 is 20.3 Å². The Morgan fingerprint density at radius 3 is 2.67 bits per heavy atom. The molecule has 0 saturated carbocycles. The molecule has 0 atom stereocenters. The van der Waals surface area contributed by atoms with E-state index < -0.39 is 0 Å². The summed E-state index contributed by atoms with van der Waals surface area (Å²) in [6.45, 7) is 3.18. The van der Waals surface area contributed by atoms with Crippen molar-refractivity contribution < 1.29 is 19.7 Å². The molecule has 1 aliphatic rings. The molecule has 18 heavy (non-hydrogen) atoms. The summed E-state index contributed by atoms with van der Waals surface area (Å²) in [4.78, 5) is 12.1. The second kappa shape index (κ2) is 4.86. The van der Waals surface area contributed by atoms with Crippen molar-refractivity contribution in [1.29, 1.82) is 0 Å². The Morgan fingerprint density at radius 1 is 1.33 bits per heavy atom. The zero-order valence-electron chi connectivity index (χ0n) is 10.3. The van der Waals surface area contributed by atoms with Gasteiger partial charge in [0.1, 0.15) is 0 Å². The molecule has 98 valence electrons. The summed E-state index contributed by atoms with van der Waals surface area (Å²) in [5.74, 6) is -1.06. The highest BCUT2D eigenvalue weighted by molar-refractivity contribution is 5.98. The van der Waals surface area contributed by atoms with Crippen molar-refractivity contribution in [3.05, 3.63) is 23.8 Å². The normalized spacial score (nSPS) is 18.3. The summed E-state index contributed by atoms with van der Waals surface area (Å²) in [5, 5.41) is 21.9. The van der Waals surface area contributed by atoms with Crippen LogP contribution in [0.1, 0.15) is 30.1 Å². The maximum atomic E-state index is 12.1. The van der Waals surface area contributed by atoms with Crippen LogP contribution in [0.3, 0.4) is 0 Å². The summed E-state index contributed by atoms with van der Waals surface area (Å²) in [6.07, 6.45) is 1.47. The van der Waals surface area contributed by atoms with Gasteiger partial charge in [0.05, 0.1) is 5.56 Å². The Kier molecular flexibility index (Phi) is 3.43. The molecule has 3 N–H and O–H groups in total. The smallest absolute Gasteiger partial charge is 0.255 e. The summed E-state index contributed by atoms with van der Waals surface area (Å²) in [7, 11) is 0. The summed E-state index contributed by atoms with van der Waals surface area (Å²) in [5.41, 5.74) is -0.240. The maximum absolute atomic E-state index is 12.1.